The van der Waals surface area contributed by atoms with Crippen LogP contribution in [0.4, 0.5) is 5.69 Å². The van der Waals surface area contributed by atoms with E-state index in [1.54, 1.807) is 6.07 Å². The Morgan fingerprint density at radius 2 is 2.29 bits per heavy atom. The molecule has 1 aromatic carbocycles. The van der Waals surface area contributed by atoms with E-state index in [-0.39, 0.29) is 5.69 Å². The van der Waals surface area contributed by atoms with Crippen molar-refractivity contribution in [1.29, 1.82) is 0 Å². The minimum Gasteiger partial charge on any atom is -0.321 e. The number of nitrogens with zero attached hydrogens (tertiary/aromatic N) is 1. The van der Waals surface area contributed by atoms with Gasteiger partial charge in [0.05, 0.1) is 16.5 Å². The summed E-state index contributed by atoms with van der Waals surface area (Å²) in [5.41, 5.74) is 5.95. The topological polar surface area (TPSA) is 69.2 Å². The minimum absolute atomic E-state index is 0.0788. The summed E-state index contributed by atoms with van der Waals surface area (Å²) < 4.78 is 0. The van der Waals surface area contributed by atoms with Gasteiger partial charge < -0.3 is 5.73 Å². The minimum atomic E-state index is -0.548. The van der Waals surface area contributed by atoms with Crippen LogP contribution in [0.5, 0.6) is 0 Å². The number of benzene rings is 1. The van der Waals surface area contributed by atoms with Gasteiger partial charge in [0.2, 0.25) is 0 Å². The number of halogens is 1. The highest BCUT2D eigenvalue weighted by atomic mass is 35.5. The zero-order chi connectivity index (χ0) is 10.7. The third kappa shape index (κ3) is 2.10. The van der Waals surface area contributed by atoms with Crippen LogP contribution in [-0.4, -0.2) is 4.92 Å². The van der Waals surface area contributed by atoms with Crippen molar-refractivity contribution >= 4 is 17.3 Å². The number of nitrogens with two attached hydrogens (primary N) is 1. The smallest absolute Gasteiger partial charge is 0.275 e. The molecule has 14 heavy (non-hydrogen) atoms. The Morgan fingerprint density at radius 1 is 1.64 bits per heavy atom. The molecule has 0 radical (unpaired) electrons. The van der Waals surface area contributed by atoms with Crippen LogP contribution in [0.3, 0.4) is 0 Å². The third-order valence-electron chi connectivity index (χ3n) is 1.80. The molecule has 74 valence electrons. The summed E-state index contributed by atoms with van der Waals surface area (Å²) in [5, 5.41) is 11.0. The Kier molecular flexibility index (Phi) is 3.22. The van der Waals surface area contributed by atoms with Crippen molar-refractivity contribution in [2.75, 3.05) is 0 Å². The first kappa shape index (κ1) is 10.7. The van der Waals surface area contributed by atoms with Gasteiger partial charge in [-0.1, -0.05) is 17.7 Å². The quantitative estimate of drug-likeness (QED) is 0.475. The normalized spacial score (nSPS) is 12.1. The number of nitro groups is 1. The molecule has 1 atom stereocenters. The van der Waals surface area contributed by atoms with Crippen molar-refractivity contribution in [3.63, 3.8) is 0 Å². The van der Waals surface area contributed by atoms with Crippen molar-refractivity contribution in [3.8, 4) is 0 Å². The summed E-state index contributed by atoms with van der Waals surface area (Å²) in [6.07, 6.45) is 1.44. The van der Waals surface area contributed by atoms with Crippen molar-refractivity contribution in [3.05, 3.63) is 51.6 Å². The molecular weight excluding hydrogens is 204 g/mol. The first-order valence-electron chi connectivity index (χ1n) is 3.88. The summed E-state index contributed by atoms with van der Waals surface area (Å²) in [7, 11) is 0. The molecule has 0 unspecified atom stereocenters. The van der Waals surface area contributed by atoms with Crippen LogP contribution in [-0.2, 0) is 0 Å². The summed E-state index contributed by atoms with van der Waals surface area (Å²) in [6, 6.07) is 3.83. The molecule has 0 aliphatic heterocycles. The number of nitro benzene ring substituents is 1. The number of hydrogen-bond donors (Lipinski definition) is 1. The van der Waals surface area contributed by atoms with Gasteiger partial charge in [0.15, 0.2) is 0 Å². The summed E-state index contributed by atoms with van der Waals surface area (Å²) in [4.78, 5) is 10.1. The predicted octanol–water partition coefficient (Wildman–Crippen LogP) is 2.43. The molecule has 0 fully saturated rings. The van der Waals surface area contributed by atoms with Gasteiger partial charge in [-0.3, -0.25) is 10.1 Å². The highest BCUT2D eigenvalue weighted by Crippen LogP contribution is 2.27. The van der Waals surface area contributed by atoms with E-state index in [2.05, 4.69) is 6.58 Å². The number of rotatable bonds is 3. The standard InChI is InChI=1S/C9H9ClN2O2/c1-2-8(11)7-4-3-6(10)5-9(7)12(13)14/h2-5,8H,1,11H2/t8-/m0/s1. The molecule has 1 rings (SSSR count). The lowest BCUT2D eigenvalue weighted by Crippen LogP contribution is -2.09. The van der Waals surface area contributed by atoms with Gasteiger partial charge in [-0.25, -0.2) is 0 Å². The van der Waals surface area contributed by atoms with Gasteiger partial charge in [0, 0.05) is 11.1 Å². The van der Waals surface area contributed by atoms with Gasteiger partial charge in [0.25, 0.3) is 5.69 Å². The van der Waals surface area contributed by atoms with E-state index in [0.717, 1.165) is 0 Å². The van der Waals surface area contributed by atoms with E-state index in [1.807, 2.05) is 0 Å². The molecule has 0 amide bonds. The lowest BCUT2D eigenvalue weighted by Gasteiger charge is -2.06. The van der Waals surface area contributed by atoms with E-state index < -0.39 is 11.0 Å². The first-order valence-corrected chi connectivity index (χ1v) is 4.26. The molecule has 0 aliphatic carbocycles. The van der Waals surface area contributed by atoms with Gasteiger partial charge in [-0.2, -0.15) is 0 Å². The maximum atomic E-state index is 10.7. The Morgan fingerprint density at radius 3 is 2.79 bits per heavy atom. The molecule has 0 heterocycles. The van der Waals surface area contributed by atoms with Crippen molar-refractivity contribution in [1.82, 2.24) is 0 Å². The van der Waals surface area contributed by atoms with Crippen LogP contribution >= 0.6 is 11.6 Å². The summed E-state index contributed by atoms with van der Waals surface area (Å²) >= 11 is 5.64. The van der Waals surface area contributed by atoms with E-state index in [1.165, 1.54) is 18.2 Å². The van der Waals surface area contributed by atoms with E-state index >= 15 is 0 Å². The maximum absolute atomic E-state index is 10.7. The lowest BCUT2D eigenvalue weighted by atomic mass is 10.1. The van der Waals surface area contributed by atoms with Crippen molar-refractivity contribution in [2.45, 2.75) is 6.04 Å². The summed E-state index contributed by atoms with van der Waals surface area (Å²) in [5.74, 6) is 0. The third-order valence-corrected chi connectivity index (χ3v) is 2.04. The lowest BCUT2D eigenvalue weighted by molar-refractivity contribution is -0.385. The Bertz CT molecular complexity index is 379. The van der Waals surface area contributed by atoms with Crippen LogP contribution in [0.1, 0.15) is 11.6 Å². The monoisotopic (exact) mass is 212 g/mol. The van der Waals surface area contributed by atoms with E-state index in [9.17, 15) is 10.1 Å². The second-order valence-corrected chi connectivity index (χ2v) is 3.16. The zero-order valence-corrected chi connectivity index (χ0v) is 8.07. The van der Waals surface area contributed by atoms with Crippen LogP contribution < -0.4 is 5.73 Å². The average molecular weight is 213 g/mol. The fraction of sp³-hybridized carbons (Fsp3) is 0.111. The van der Waals surface area contributed by atoms with Gasteiger partial charge >= 0.3 is 0 Å². The highest BCUT2D eigenvalue weighted by molar-refractivity contribution is 6.30. The Balaban J connectivity index is 3.28. The molecule has 4 nitrogen and oxygen atoms in total. The van der Waals surface area contributed by atoms with Crippen LogP contribution in [0.15, 0.2) is 30.9 Å². The molecule has 5 heteroatoms. The van der Waals surface area contributed by atoms with Crippen LogP contribution in [0.2, 0.25) is 5.02 Å². The predicted molar refractivity (Wildman–Crippen MR) is 55.2 cm³/mol. The second kappa shape index (κ2) is 4.21. The SMILES string of the molecule is C=C[C@H](N)c1ccc(Cl)cc1[N+](=O)[O-]. The second-order valence-electron chi connectivity index (χ2n) is 2.72. The van der Waals surface area contributed by atoms with Gasteiger partial charge in [-0.05, 0) is 12.1 Å². The molecule has 0 saturated heterocycles. The Labute approximate surface area is 86.1 Å². The molecule has 0 bridgehead atoms. The molecule has 0 aromatic heterocycles. The largest absolute Gasteiger partial charge is 0.321 e. The zero-order valence-electron chi connectivity index (χ0n) is 7.31. The number of hydrogen-bond acceptors (Lipinski definition) is 3. The molecule has 1 aromatic rings. The van der Waals surface area contributed by atoms with E-state index in [4.69, 9.17) is 17.3 Å². The van der Waals surface area contributed by atoms with E-state index in [0.29, 0.717) is 10.6 Å². The summed E-state index contributed by atoms with van der Waals surface area (Å²) in [6.45, 7) is 3.48. The molecule has 2 N–H and O–H groups in total. The fourth-order valence-corrected chi connectivity index (χ4v) is 1.25. The molecule has 0 spiro atoms. The molecule has 0 aliphatic rings. The van der Waals surface area contributed by atoms with Crippen LogP contribution in [0, 0.1) is 10.1 Å². The van der Waals surface area contributed by atoms with Crippen molar-refractivity contribution < 1.29 is 4.92 Å². The molecule has 0 saturated carbocycles. The maximum Gasteiger partial charge on any atom is 0.275 e. The fourth-order valence-electron chi connectivity index (χ4n) is 1.08. The first-order chi connectivity index (χ1) is 6.56. The van der Waals surface area contributed by atoms with Gasteiger partial charge in [-0.15, -0.1) is 6.58 Å². The Hall–Kier alpha value is -1.39. The highest BCUT2D eigenvalue weighted by Gasteiger charge is 2.17. The van der Waals surface area contributed by atoms with Gasteiger partial charge in [0.1, 0.15) is 0 Å². The van der Waals surface area contributed by atoms with Crippen LogP contribution in [0.25, 0.3) is 0 Å². The van der Waals surface area contributed by atoms with Crippen molar-refractivity contribution in [2.24, 2.45) is 5.73 Å². The molecular formula is C9H9ClN2O2. The average Bonchev–Trinajstić information content (AvgIpc) is 2.16.